The van der Waals surface area contributed by atoms with Gasteiger partial charge in [0.25, 0.3) is 0 Å². The molecule has 2 nitrogen and oxygen atoms in total. The van der Waals surface area contributed by atoms with Crippen molar-refractivity contribution in [3.05, 3.63) is 11.8 Å². The zero-order valence-electron chi connectivity index (χ0n) is 21.1. The number of hydrogen-bond donors (Lipinski definition) is 0. The third-order valence-corrected chi connectivity index (χ3v) is 10.9. The predicted octanol–water partition coefficient (Wildman–Crippen LogP) is 7.70. The molecule has 5 rings (SSSR count). The van der Waals surface area contributed by atoms with Crippen molar-refractivity contribution in [2.75, 3.05) is 13.1 Å². The van der Waals surface area contributed by atoms with Crippen LogP contribution >= 0.6 is 0 Å². The van der Waals surface area contributed by atoms with Gasteiger partial charge in [0.2, 0.25) is 0 Å². The Hall–Kier alpha value is -0.790. The van der Waals surface area contributed by atoms with Crippen LogP contribution in [0, 0.1) is 46.3 Å². The van der Waals surface area contributed by atoms with E-state index in [0.717, 1.165) is 42.1 Å². The highest BCUT2D eigenvalue weighted by molar-refractivity contribution is 5.86. The van der Waals surface area contributed by atoms with Gasteiger partial charge in [-0.2, -0.15) is 0 Å². The summed E-state index contributed by atoms with van der Waals surface area (Å²) >= 11 is 0. The van der Waals surface area contributed by atoms with E-state index in [0.29, 0.717) is 10.8 Å². The van der Waals surface area contributed by atoms with E-state index < -0.39 is 0 Å². The summed E-state index contributed by atoms with van der Waals surface area (Å²) in [7, 11) is 0. The second kappa shape index (κ2) is 8.21. The van der Waals surface area contributed by atoms with Crippen LogP contribution in [0.1, 0.15) is 105 Å². The Kier molecular flexibility index (Phi) is 5.83. The molecule has 0 N–H and O–H groups in total. The van der Waals surface area contributed by atoms with Gasteiger partial charge in [-0.3, -0.25) is 4.99 Å². The summed E-state index contributed by atoms with van der Waals surface area (Å²) in [5, 5.41) is 0. The van der Waals surface area contributed by atoms with Crippen LogP contribution in [0.3, 0.4) is 0 Å². The molecule has 174 valence electrons. The van der Waals surface area contributed by atoms with E-state index in [1.54, 1.807) is 5.70 Å². The van der Waals surface area contributed by atoms with Gasteiger partial charge in [0.05, 0.1) is 0 Å². The van der Waals surface area contributed by atoms with Crippen molar-refractivity contribution in [3.8, 4) is 0 Å². The van der Waals surface area contributed by atoms with Crippen LogP contribution in [0.25, 0.3) is 0 Å². The molecule has 0 aromatic heterocycles. The first-order valence-electron chi connectivity index (χ1n) is 13.9. The number of allylic oxidation sites excluding steroid dienone is 2. The predicted molar refractivity (Wildman–Crippen MR) is 132 cm³/mol. The molecular weight excluding hydrogens is 376 g/mol. The van der Waals surface area contributed by atoms with E-state index in [4.69, 9.17) is 4.99 Å². The topological polar surface area (TPSA) is 15.6 Å². The highest BCUT2D eigenvalue weighted by Gasteiger charge is 2.59. The molecule has 2 heteroatoms. The minimum Gasteiger partial charge on any atom is -0.334 e. The highest BCUT2D eigenvalue weighted by atomic mass is 15.2. The smallest absolute Gasteiger partial charge is 0.103 e. The summed E-state index contributed by atoms with van der Waals surface area (Å²) in [6.07, 6.45) is 18.1. The average Bonchev–Trinajstić information content (AvgIpc) is 3.10. The Morgan fingerprint density at radius 1 is 1.06 bits per heavy atom. The summed E-state index contributed by atoms with van der Waals surface area (Å²) < 4.78 is 0. The first kappa shape index (κ1) is 22.0. The molecule has 0 bridgehead atoms. The summed E-state index contributed by atoms with van der Waals surface area (Å²) in [6, 6.07) is 0. The second-order valence-electron chi connectivity index (χ2n) is 13.0. The number of nitrogens with zero attached hydrogens (tertiary/aromatic N) is 2. The van der Waals surface area contributed by atoms with Gasteiger partial charge < -0.3 is 4.90 Å². The van der Waals surface area contributed by atoms with E-state index >= 15 is 0 Å². The van der Waals surface area contributed by atoms with Gasteiger partial charge in [0.1, 0.15) is 5.84 Å². The molecule has 31 heavy (non-hydrogen) atoms. The van der Waals surface area contributed by atoms with Gasteiger partial charge in [-0.15, -0.1) is 0 Å². The van der Waals surface area contributed by atoms with Crippen LogP contribution < -0.4 is 0 Å². The van der Waals surface area contributed by atoms with Crippen LogP contribution in [-0.4, -0.2) is 23.8 Å². The number of piperidine rings is 1. The third kappa shape index (κ3) is 3.54. The van der Waals surface area contributed by atoms with Crippen LogP contribution in [0.4, 0.5) is 0 Å². The number of amidine groups is 1. The largest absolute Gasteiger partial charge is 0.334 e. The average molecular weight is 425 g/mol. The highest BCUT2D eigenvalue weighted by Crippen LogP contribution is 2.67. The van der Waals surface area contributed by atoms with Crippen molar-refractivity contribution < 1.29 is 0 Å². The molecule has 7 atom stereocenters. The minimum absolute atomic E-state index is 0.404. The summed E-state index contributed by atoms with van der Waals surface area (Å²) in [6.45, 7) is 15.0. The molecule has 0 radical (unpaired) electrons. The van der Waals surface area contributed by atoms with Crippen LogP contribution in [-0.2, 0) is 0 Å². The van der Waals surface area contributed by atoms with Crippen LogP contribution in [0.2, 0.25) is 0 Å². The van der Waals surface area contributed by atoms with E-state index in [2.05, 4.69) is 45.6 Å². The van der Waals surface area contributed by atoms with Gasteiger partial charge >= 0.3 is 0 Å². The fraction of sp³-hybridized carbons (Fsp3) is 0.897. The zero-order chi connectivity index (χ0) is 21.8. The number of aliphatic imine (C=N–C) groups is 1. The Balaban J connectivity index is 1.35. The number of rotatable bonds is 5. The van der Waals surface area contributed by atoms with E-state index in [9.17, 15) is 0 Å². The molecule has 0 unspecified atom stereocenters. The van der Waals surface area contributed by atoms with Gasteiger partial charge in [-0.1, -0.05) is 60.0 Å². The molecule has 2 heterocycles. The number of fused-ring (bicyclic) bond motifs is 7. The Morgan fingerprint density at radius 2 is 1.90 bits per heavy atom. The molecular formula is C29H48N2. The molecule has 3 aliphatic carbocycles. The standard InChI is InChI=1S/C29H48N2/c1-20(2)8-6-9-21(3)23-11-12-24-22-10-13-26-29(5,25(22)14-16-28(23,24)4)17-15-27-30-18-7-19-31(26)27/h13,20-25H,6-12,14-19H2,1-5H3/t21-,22+,23-,24-,25+,28+,29+/m0/s1. The Bertz CT molecular complexity index is 735. The monoisotopic (exact) mass is 424 g/mol. The van der Waals surface area contributed by atoms with Crippen LogP contribution in [0.5, 0.6) is 0 Å². The second-order valence-corrected chi connectivity index (χ2v) is 13.0. The summed E-state index contributed by atoms with van der Waals surface area (Å²) in [4.78, 5) is 7.57. The first-order valence-corrected chi connectivity index (χ1v) is 13.9. The molecule has 0 aromatic rings. The fourth-order valence-corrected chi connectivity index (χ4v) is 9.33. The SMILES string of the molecule is CC(C)CCC[C@H](C)[C@@H]1CC[C@H]2[C@H]3CC=C4N5CCCN=C5CC[C@]4(C)[C@@H]3CC[C@@]21C. The van der Waals surface area contributed by atoms with Crippen molar-refractivity contribution in [1.29, 1.82) is 0 Å². The van der Waals surface area contributed by atoms with Crippen molar-refractivity contribution in [1.82, 2.24) is 4.90 Å². The molecule has 1 saturated heterocycles. The molecule has 0 amide bonds. The summed E-state index contributed by atoms with van der Waals surface area (Å²) in [5.41, 5.74) is 2.69. The molecule has 2 saturated carbocycles. The fourth-order valence-electron chi connectivity index (χ4n) is 9.33. The molecule has 2 aliphatic heterocycles. The van der Waals surface area contributed by atoms with Crippen LogP contribution in [0.15, 0.2) is 16.8 Å². The molecule has 0 aromatic carbocycles. The maximum Gasteiger partial charge on any atom is 0.103 e. The molecule has 5 aliphatic rings. The lowest BCUT2D eigenvalue weighted by Gasteiger charge is -2.60. The van der Waals surface area contributed by atoms with E-state index in [-0.39, 0.29) is 0 Å². The minimum atomic E-state index is 0.404. The lowest BCUT2D eigenvalue weighted by atomic mass is 9.48. The van der Waals surface area contributed by atoms with Crippen molar-refractivity contribution >= 4 is 5.84 Å². The van der Waals surface area contributed by atoms with Crippen molar-refractivity contribution in [2.45, 2.75) is 105 Å². The Labute approximate surface area is 192 Å². The lowest BCUT2D eigenvalue weighted by molar-refractivity contribution is -0.0539. The zero-order valence-corrected chi connectivity index (χ0v) is 21.1. The summed E-state index contributed by atoms with van der Waals surface area (Å²) in [5.74, 6) is 6.96. The number of hydrogen-bond acceptors (Lipinski definition) is 2. The lowest BCUT2D eigenvalue weighted by Crippen LogP contribution is -2.55. The normalized spacial score (nSPS) is 42.8. The quantitative estimate of drug-likeness (QED) is 0.441. The van der Waals surface area contributed by atoms with E-state index in [1.165, 1.54) is 83.0 Å². The van der Waals surface area contributed by atoms with Gasteiger partial charge in [-0.25, -0.2) is 0 Å². The molecule has 0 spiro atoms. The first-order chi connectivity index (χ1) is 14.8. The third-order valence-electron chi connectivity index (χ3n) is 10.9. The Morgan fingerprint density at radius 3 is 2.71 bits per heavy atom. The van der Waals surface area contributed by atoms with Gasteiger partial charge in [-0.05, 0) is 85.9 Å². The molecule has 3 fully saturated rings. The maximum absolute atomic E-state index is 4.91. The van der Waals surface area contributed by atoms with Gasteiger partial charge in [0.15, 0.2) is 0 Å². The van der Waals surface area contributed by atoms with Crippen molar-refractivity contribution in [3.63, 3.8) is 0 Å². The van der Waals surface area contributed by atoms with Crippen molar-refractivity contribution in [2.24, 2.45) is 51.3 Å². The van der Waals surface area contributed by atoms with E-state index in [1.807, 2.05) is 0 Å². The maximum atomic E-state index is 4.91. The van der Waals surface area contributed by atoms with Gasteiger partial charge in [0, 0.05) is 30.6 Å².